The van der Waals surface area contributed by atoms with Crippen molar-refractivity contribution in [3.63, 3.8) is 0 Å². The molecule has 1 spiro atoms. The highest BCUT2D eigenvalue weighted by Gasteiger charge is 2.42. The SMILES string of the molecule is CC(=O)Nc1cccc(NC(=O)C(=O)NCC2COC3(CCCCC3)O2)c1. The van der Waals surface area contributed by atoms with Crippen LogP contribution in [-0.4, -0.2) is 42.8 Å². The fourth-order valence-corrected chi connectivity index (χ4v) is 3.42. The molecule has 1 unspecified atom stereocenters. The van der Waals surface area contributed by atoms with Crippen molar-refractivity contribution < 1.29 is 23.9 Å². The number of carbonyl (C=O) groups excluding carboxylic acids is 3. The van der Waals surface area contributed by atoms with Gasteiger partial charge in [-0.05, 0) is 31.0 Å². The number of benzene rings is 1. The van der Waals surface area contributed by atoms with Crippen molar-refractivity contribution in [1.82, 2.24) is 5.32 Å². The number of hydrogen-bond donors (Lipinski definition) is 3. The third kappa shape index (κ3) is 5.27. The van der Waals surface area contributed by atoms with Gasteiger partial charge in [0.25, 0.3) is 0 Å². The van der Waals surface area contributed by atoms with Crippen LogP contribution in [0.5, 0.6) is 0 Å². The summed E-state index contributed by atoms with van der Waals surface area (Å²) in [7, 11) is 0. The van der Waals surface area contributed by atoms with Gasteiger partial charge in [-0.1, -0.05) is 12.5 Å². The fourth-order valence-electron chi connectivity index (χ4n) is 3.42. The van der Waals surface area contributed by atoms with Crippen molar-refractivity contribution in [3.05, 3.63) is 24.3 Å². The standard InChI is InChI=1S/C19H25N3O5/c1-13(23)21-14-6-5-7-15(10-14)22-18(25)17(24)20-11-16-12-26-19(27-16)8-3-2-4-9-19/h5-7,10,16H,2-4,8-9,11-12H2,1H3,(H,20,24)(H,21,23)(H,22,25). The van der Waals surface area contributed by atoms with Crippen LogP contribution >= 0.6 is 0 Å². The second-order valence-corrected chi connectivity index (χ2v) is 6.95. The maximum absolute atomic E-state index is 12.1. The molecule has 3 amide bonds. The smallest absolute Gasteiger partial charge is 0.313 e. The quantitative estimate of drug-likeness (QED) is 0.696. The van der Waals surface area contributed by atoms with Crippen molar-refractivity contribution in [2.45, 2.75) is 50.9 Å². The molecule has 1 saturated heterocycles. The summed E-state index contributed by atoms with van der Waals surface area (Å²) in [4.78, 5) is 35.2. The molecule has 1 aromatic carbocycles. The average molecular weight is 375 g/mol. The molecule has 8 nitrogen and oxygen atoms in total. The molecule has 1 saturated carbocycles. The van der Waals surface area contributed by atoms with Crippen LogP contribution in [0.1, 0.15) is 39.0 Å². The van der Waals surface area contributed by atoms with Crippen molar-refractivity contribution in [2.24, 2.45) is 0 Å². The number of nitrogens with one attached hydrogen (secondary N) is 3. The Hall–Kier alpha value is -2.45. The molecule has 0 bridgehead atoms. The molecule has 2 fully saturated rings. The van der Waals surface area contributed by atoms with Crippen LogP contribution in [0.3, 0.4) is 0 Å². The summed E-state index contributed by atoms with van der Waals surface area (Å²) in [5, 5.41) is 7.72. The van der Waals surface area contributed by atoms with Gasteiger partial charge in [-0.3, -0.25) is 14.4 Å². The number of ether oxygens (including phenoxy) is 2. The van der Waals surface area contributed by atoms with E-state index in [1.54, 1.807) is 24.3 Å². The van der Waals surface area contributed by atoms with E-state index in [1.165, 1.54) is 13.3 Å². The predicted octanol–water partition coefficient (Wildman–Crippen LogP) is 1.78. The molecule has 1 aliphatic heterocycles. The van der Waals surface area contributed by atoms with Crippen molar-refractivity contribution in [2.75, 3.05) is 23.8 Å². The Balaban J connectivity index is 1.46. The van der Waals surface area contributed by atoms with Crippen LogP contribution in [0, 0.1) is 0 Å². The third-order valence-electron chi connectivity index (χ3n) is 4.67. The van der Waals surface area contributed by atoms with Gasteiger partial charge in [0.15, 0.2) is 5.79 Å². The highest BCUT2D eigenvalue weighted by Crippen LogP contribution is 2.37. The van der Waals surface area contributed by atoms with Crippen LogP contribution in [-0.2, 0) is 23.9 Å². The number of hydrogen-bond acceptors (Lipinski definition) is 5. The molecule has 3 rings (SSSR count). The zero-order chi connectivity index (χ0) is 19.3. The monoisotopic (exact) mass is 375 g/mol. The maximum atomic E-state index is 12.1. The van der Waals surface area contributed by atoms with Gasteiger partial charge in [0, 0.05) is 37.7 Å². The molecule has 1 aromatic rings. The molecule has 27 heavy (non-hydrogen) atoms. The van der Waals surface area contributed by atoms with Crippen LogP contribution in [0.2, 0.25) is 0 Å². The van der Waals surface area contributed by atoms with Crippen LogP contribution in [0.4, 0.5) is 11.4 Å². The van der Waals surface area contributed by atoms with Crippen molar-refractivity contribution >= 4 is 29.1 Å². The Kier molecular flexibility index (Phi) is 6.08. The minimum atomic E-state index is -0.777. The summed E-state index contributed by atoms with van der Waals surface area (Å²) < 4.78 is 11.8. The summed E-state index contributed by atoms with van der Waals surface area (Å²) in [6.45, 7) is 2.03. The molecule has 8 heteroatoms. The molecule has 1 heterocycles. The second-order valence-electron chi connectivity index (χ2n) is 6.95. The Morgan fingerprint density at radius 2 is 1.78 bits per heavy atom. The minimum absolute atomic E-state index is 0.217. The molecule has 146 valence electrons. The van der Waals surface area contributed by atoms with E-state index < -0.39 is 17.6 Å². The summed E-state index contributed by atoms with van der Waals surface area (Å²) >= 11 is 0. The Morgan fingerprint density at radius 1 is 1.07 bits per heavy atom. The molecule has 1 aliphatic carbocycles. The first-order valence-electron chi connectivity index (χ1n) is 9.24. The number of rotatable bonds is 4. The molecular formula is C19H25N3O5. The number of carbonyl (C=O) groups is 3. The lowest BCUT2D eigenvalue weighted by Crippen LogP contribution is -2.41. The molecule has 1 atom stereocenters. The lowest BCUT2D eigenvalue weighted by Gasteiger charge is -2.31. The summed E-state index contributed by atoms with van der Waals surface area (Å²) in [5.74, 6) is -2.24. The molecule has 0 aromatic heterocycles. The Bertz CT molecular complexity index is 715. The first kappa shape index (κ1) is 19.3. The van der Waals surface area contributed by atoms with E-state index >= 15 is 0 Å². The minimum Gasteiger partial charge on any atom is -0.347 e. The predicted molar refractivity (Wildman–Crippen MR) is 99.0 cm³/mol. The second kappa shape index (κ2) is 8.49. The highest BCUT2D eigenvalue weighted by molar-refractivity contribution is 6.39. The van der Waals surface area contributed by atoms with E-state index in [9.17, 15) is 14.4 Å². The van der Waals surface area contributed by atoms with E-state index in [-0.39, 0.29) is 18.6 Å². The van der Waals surface area contributed by atoms with Crippen LogP contribution in [0.25, 0.3) is 0 Å². The first-order valence-corrected chi connectivity index (χ1v) is 9.24. The van der Waals surface area contributed by atoms with E-state index in [0.29, 0.717) is 18.0 Å². The zero-order valence-corrected chi connectivity index (χ0v) is 15.4. The van der Waals surface area contributed by atoms with Gasteiger partial charge >= 0.3 is 11.8 Å². The van der Waals surface area contributed by atoms with Crippen molar-refractivity contribution in [1.29, 1.82) is 0 Å². The largest absolute Gasteiger partial charge is 0.347 e. The van der Waals surface area contributed by atoms with E-state index in [1.807, 2.05) is 0 Å². The zero-order valence-electron chi connectivity index (χ0n) is 15.4. The number of anilines is 2. The van der Waals surface area contributed by atoms with Crippen LogP contribution < -0.4 is 16.0 Å². The normalized spacial score (nSPS) is 20.9. The van der Waals surface area contributed by atoms with Gasteiger partial charge < -0.3 is 25.4 Å². The Labute approximate surface area is 158 Å². The van der Waals surface area contributed by atoms with E-state index in [2.05, 4.69) is 16.0 Å². The van der Waals surface area contributed by atoms with Gasteiger partial charge in [0.1, 0.15) is 6.10 Å². The fraction of sp³-hybridized carbons (Fsp3) is 0.526. The first-order chi connectivity index (χ1) is 13.0. The maximum Gasteiger partial charge on any atom is 0.313 e. The van der Waals surface area contributed by atoms with Gasteiger partial charge in [-0.15, -0.1) is 0 Å². The van der Waals surface area contributed by atoms with Gasteiger partial charge in [-0.25, -0.2) is 0 Å². The van der Waals surface area contributed by atoms with E-state index in [0.717, 1.165) is 25.7 Å². The molecular weight excluding hydrogens is 350 g/mol. The number of amides is 3. The van der Waals surface area contributed by atoms with Gasteiger partial charge in [-0.2, -0.15) is 0 Å². The highest BCUT2D eigenvalue weighted by atomic mass is 16.7. The molecule has 0 radical (unpaired) electrons. The Morgan fingerprint density at radius 3 is 2.48 bits per heavy atom. The molecule has 3 N–H and O–H groups in total. The van der Waals surface area contributed by atoms with E-state index in [4.69, 9.17) is 9.47 Å². The summed E-state index contributed by atoms with van der Waals surface area (Å²) in [6, 6.07) is 6.58. The lowest BCUT2D eigenvalue weighted by molar-refractivity contribution is -0.186. The van der Waals surface area contributed by atoms with Crippen LogP contribution in [0.15, 0.2) is 24.3 Å². The third-order valence-corrected chi connectivity index (χ3v) is 4.67. The summed E-state index contributed by atoms with van der Waals surface area (Å²) in [5.41, 5.74) is 0.956. The van der Waals surface area contributed by atoms with Crippen molar-refractivity contribution in [3.8, 4) is 0 Å². The topological polar surface area (TPSA) is 106 Å². The lowest BCUT2D eigenvalue weighted by atomic mass is 9.94. The summed E-state index contributed by atoms with van der Waals surface area (Å²) in [6.07, 6.45) is 4.87. The average Bonchev–Trinajstić information content (AvgIpc) is 3.02. The molecule has 2 aliphatic rings. The van der Waals surface area contributed by atoms with Gasteiger partial charge in [0.2, 0.25) is 5.91 Å². The van der Waals surface area contributed by atoms with Gasteiger partial charge in [0.05, 0.1) is 6.61 Å².